The van der Waals surface area contributed by atoms with Gasteiger partial charge in [-0.25, -0.2) is 9.37 Å². The molecule has 1 aliphatic heterocycles. The summed E-state index contributed by atoms with van der Waals surface area (Å²) in [7, 11) is 0. The third-order valence-corrected chi connectivity index (χ3v) is 3.10. The molecule has 1 aliphatic rings. The maximum Gasteiger partial charge on any atom is 0.123 e. The van der Waals surface area contributed by atoms with Crippen LogP contribution >= 0.6 is 0 Å². The number of nitrogens with zero attached hydrogens (tertiary/aromatic N) is 2. The van der Waals surface area contributed by atoms with Crippen molar-refractivity contribution >= 4 is 0 Å². The van der Waals surface area contributed by atoms with Crippen molar-refractivity contribution < 1.29 is 9.50 Å². The van der Waals surface area contributed by atoms with Crippen LogP contribution in [0.25, 0.3) is 11.3 Å². The molecule has 0 saturated carbocycles. The van der Waals surface area contributed by atoms with E-state index >= 15 is 0 Å². The summed E-state index contributed by atoms with van der Waals surface area (Å²) in [5, 5.41) is 9.57. The quantitative estimate of drug-likeness (QED) is 0.816. The zero-order valence-corrected chi connectivity index (χ0v) is 9.31. The number of aromatic nitrogens is 2. The van der Waals surface area contributed by atoms with Crippen LogP contribution in [-0.2, 0) is 13.0 Å². The van der Waals surface area contributed by atoms with Gasteiger partial charge in [0.1, 0.15) is 11.6 Å². The van der Waals surface area contributed by atoms with Crippen molar-refractivity contribution in [2.45, 2.75) is 25.5 Å². The molecule has 0 amide bonds. The van der Waals surface area contributed by atoms with Crippen molar-refractivity contribution in [1.82, 2.24) is 9.55 Å². The monoisotopic (exact) mass is 232 g/mol. The normalized spacial score (nSPS) is 19.1. The molecule has 0 fully saturated rings. The summed E-state index contributed by atoms with van der Waals surface area (Å²) in [5.74, 6) is 0.622. The second kappa shape index (κ2) is 3.96. The first kappa shape index (κ1) is 10.5. The van der Waals surface area contributed by atoms with Gasteiger partial charge in [-0.1, -0.05) is 12.1 Å². The zero-order valence-electron chi connectivity index (χ0n) is 9.31. The third-order valence-electron chi connectivity index (χ3n) is 3.10. The lowest BCUT2D eigenvalue weighted by atomic mass is 10.1. The lowest BCUT2D eigenvalue weighted by molar-refractivity contribution is 0.141. The number of benzene rings is 1. The highest BCUT2D eigenvalue weighted by molar-refractivity contribution is 5.58. The van der Waals surface area contributed by atoms with Crippen molar-refractivity contribution in [3.8, 4) is 11.3 Å². The molecule has 2 aromatic rings. The highest BCUT2D eigenvalue weighted by Gasteiger charge is 2.19. The molecule has 1 aromatic heterocycles. The Balaban J connectivity index is 2.00. The van der Waals surface area contributed by atoms with Gasteiger partial charge >= 0.3 is 0 Å². The Kier molecular flexibility index (Phi) is 2.44. The Bertz CT molecular complexity index is 550. The van der Waals surface area contributed by atoms with E-state index in [9.17, 15) is 9.50 Å². The van der Waals surface area contributed by atoms with Crippen molar-refractivity contribution in [2.24, 2.45) is 0 Å². The Morgan fingerprint density at radius 3 is 3.12 bits per heavy atom. The van der Waals surface area contributed by atoms with E-state index in [0.717, 1.165) is 30.0 Å². The van der Waals surface area contributed by atoms with Crippen LogP contribution in [0.5, 0.6) is 0 Å². The fourth-order valence-electron chi connectivity index (χ4n) is 2.20. The average molecular weight is 232 g/mol. The van der Waals surface area contributed by atoms with E-state index in [-0.39, 0.29) is 11.9 Å². The van der Waals surface area contributed by atoms with E-state index in [1.165, 1.54) is 12.1 Å². The molecule has 0 spiro atoms. The summed E-state index contributed by atoms with van der Waals surface area (Å²) in [4.78, 5) is 4.45. The molecule has 3 nitrogen and oxygen atoms in total. The van der Waals surface area contributed by atoms with Gasteiger partial charge in [0.2, 0.25) is 0 Å². The highest BCUT2D eigenvalue weighted by atomic mass is 19.1. The lowest BCUT2D eigenvalue weighted by Crippen LogP contribution is -2.22. The third kappa shape index (κ3) is 1.96. The molecule has 2 heterocycles. The van der Waals surface area contributed by atoms with E-state index in [1.54, 1.807) is 6.07 Å². The zero-order chi connectivity index (χ0) is 11.8. The Hall–Kier alpha value is -1.68. The van der Waals surface area contributed by atoms with Crippen molar-refractivity contribution in [3.05, 3.63) is 42.1 Å². The van der Waals surface area contributed by atoms with E-state index in [0.29, 0.717) is 6.42 Å². The van der Waals surface area contributed by atoms with Crippen LogP contribution in [-0.4, -0.2) is 20.8 Å². The van der Waals surface area contributed by atoms with Gasteiger partial charge in [0.05, 0.1) is 11.8 Å². The summed E-state index contributed by atoms with van der Waals surface area (Å²) in [6.45, 7) is 0.777. The van der Waals surface area contributed by atoms with E-state index in [4.69, 9.17) is 0 Å². The number of hydrogen-bond donors (Lipinski definition) is 1. The van der Waals surface area contributed by atoms with Crippen LogP contribution in [0.3, 0.4) is 0 Å². The van der Waals surface area contributed by atoms with Gasteiger partial charge in [0, 0.05) is 24.7 Å². The second-order valence-corrected chi connectivity index (χ2v) is 4.39. The summed E-state index contributed by atoms with van der Waals surface area (Å²) in [6, 6.07) is 6.42. The molecule has 88 valence electrons. The maximum absolute atomic E-state index is 13.1. The molecule has 3 rings (SSSR count). The molecule has 1 atom stereocenters. The van der Waals surface area contributed by atoms with E-state index < -0.39 is 0 Å². The summed E-state index contributed by atoms with van der Waals surface area (Å²) in [5.41, 5.74) is 1.55. The number of rotatable bonds is 1. The number of hydrogen-bond acceptors (Lipinski definition) is 2. The van der Waals surface area contributed by atoms with Gasteiger partial charge in [0.25, 0.3) is 0 Å². The Morgan fingerprint density at radius 1 is 1.41 bits per heavy atom. The number of fused-ring (bicyclic) bond motifs is 1. The number of aryl methyl sites for hydroxylation is 1. The molecule has 0 saturated heterocycles. The Labute approximate surface area is 98.5 Å². The fraction of sp³-hybridized carbons (Fsp3) is 0.308. The molecule has 0 aliphatic carbocycles. The molecular formula is C13H13FN2O. The van der Waals surface area contributed by atoms with Crippen LogP contribution in [0.2, 0.25) is 0 Å². The molecule has 0 radical (unpaired) electrons. The Morgan fingerprint density at radius 2 is 2.29 bits per heavy atom. The minimum atomic E-state index is -0.301. The SMILES string of the molecule is OC1CCn2cc(-c3cccc(F)c3)nc2C1. The molecule has 17 heavy (non-hydrogen) atoms. The van der Waals surface area contributed by atoms with Gasteiger partial charge in [0.15, 0.2) is 0 Å². The molecule has 4 heteroatoms. The standard InChI is InChI=1S/C13H13FN2O/c14-10-3-1-2-9(6-10)12-8-16-5-4-11(17)7-13(16)15-12/h1-3,6,8,11,17H,4-5,7H2. The van der Waals surface area contributed by atoms with Gasteiger partial charge in [-0.05, 0) is 18.6 Å². The molecule has 0 bridgehead atoms. The van der Waals surface area contributed by atoms with E-state index in [2.05, 4.69) is 4.98 Å². The molecule has 1 aromatic carbocycles. The highest BCUT2D eigenvalue weighted by Crippen LogP contribution is 2.23. The predicted molar refractivity (Wildman–Crippen MR) is 61.9 cm³/mol. The summed E-state index contributed by atoms with van der Waals surface area (Å²) >= 11 is 0. The lowest BCUT2D eigenvalue weighted by Gasteiger charge is -2.18. The summed E-state index contributed by atoms with van der Waals surface area (Å²) in [6.07, 6.45) is 2.96. The van der Waals surface area contributed by atoms with Gasteiger partial charge in [-0.3, -0.25) is 0 Å². The number of aliphatic hydroxyl groups excluding tert-OH is 1. The first-order valence-corrected chi connectivity index (χ1v) is 5.72. The molecule has 1 N–H and O–H groups in total. The minimum absolute atomic E-state index is 0.256. The topological polar surface area (TPSA) is 38.0 Å². The van der Waals surface area contributed by atoms with Crippen LogP contribution in [0, 0.1) is 5.82 Å². The van der Waals surface area contributed by atoms with Crippen molar-refractivity contribution in [1.29, 1.82) is 0 Å². The summed E-state index contributed by atoms with van der Waals surface area (Å²) < 4.78 is 15.2. The maximum atomic E-state index is 13.1. The van der Waals surface area contributed by atoms with Crippen LogP contribution in [0.4, 0.5) is 4.39 Å². The first-order valence-electron chi connectivity index (χ1n) is 5.72. The number of imidazole rings is 1. The number of aliphatic hydroxyl groups is 1. The number of halogens is 1. The first-order chi connectivity index (χ1) is 8.22. The smallest absolute Gasteiger partial charge is 0.123 e. The van der Waals surface area contributed by atoms with Crippen LogP contribution < -0.4 is 0 Å². The van der Waals surface area contributed by atoms with E-state index in [1.807, 2.05) is 16.8 Å². The van der Waals surface area contributed by atoms with Crippen LogP contribution in [0.15, 0.2) is 30.5 Å². The molecular weight excluding hydrogens is 219 g/mol. The average Bonchev–Trinajstić information content (AvgIpc) is 2.72. The fourth-order valence-corrected chi connectivity index (χ4v) is 2.20. The van der Waals surface area contributed by atoms with Gasteiger partial charge in [-0.2, -0.15) is 0 Å². The van der Waals surface area contributed by atoms with Gasteiger partial charge in [-0.15, -0.1) is 0 Å². The largest absolute Gasteiger partial charge is 0.393 e. The minimum Gasteiger partial charge on any atom is -0.393 e. The van der Waals surface area contributed by atoms with Gasteiger partial charge < -0.3 is 9.67 Å². The predicted octanol–water partition coefficient (Wildman–Crippen LogP) is 2.00. The van der Waals surface area contributed by atoms with Crippen molar-refractivity contribution in [2.75, 3.05) is 0 Å². The van der Waals surface area contributed by atoms with Crippen LogP contribution in [0.1, 0.15) is 12.2 Å². The second-order valence-electron chi connectivity index (χ2n) is 4.39. The van der Waals surface area contributed by atoms with Crippen molar-refractivity contribution in [3.63, 3.8) is 0 Å². The molecule has 1 unspecified atom stereocenters.